The van der Waals surface area contributed by atoms with E-state index < -0.39 is 10.0 Å². The van der Waals surface area contributed by atoms with Crippen LogP contribution in [0.1, 0.15) is 5.56 Å². The Balaban J connectivity index is 2.21. The molecule has 0 fully saturated rings. The zero-order chi connectivity index (χ0) is 12.3. The van der Waals surface area contributed by atoms with E-state index in [9.17, 15) is 8.42 Å². The highest BCUT2D eigenvalue weighted by molar-refractivity contribution is 7.94. The fourth-order valence-electron chi connectivity index (χ4n) is 1.33. The van der Waals surface area contributed by atoms with Gasteiger partial charge in [-0.2, -0.15) is 0 Å². The number of anilines is 1. The van der Waals surface area contributed by atoms with Gasteiger partial charge in [0.15, 0.2) is 0 Å². The van der Waals surface area contributed by atoms with Crippen molar-refractivity contribution in [3.63, 3.8) is 0 Å². The van der Waals surface area contributed by atoms with E-state index >= 15 is 0 Å². The lowest BCUT2D eigenvalue weighted by molar-refractivity contribution is 0.603. The van der Waals surface area contributed by atoms with Gasteiger partial charge in [0.1, 0.15) is 4.21 Å². The predicted molar refractivity (Wildman–Crippen MR) is 69.5 cm³/mol. The molecular formula is C11H12N2O2S2. The lowest BCUT2D eigenvalue weighted by Gasteiger charge is -2.06. The Morgan fingerprint density at radius 2 is 1.88 bits per heavy atom. The largest absolute Gasteiger partial charge is 0.326 e. The maximum Gasteiger partial charge on any atom is 0.271 e. The number of thiophene rings is 1. The molecule has 6 heteroatoms. The number of rotatable bonds is 4. The first kappa shape index (κ1) is 12.1. The average molecular weight is 268 g/mol. The summed E-state index contributed by atoms with van der Waals surface area (Å²) in [5, 5.41) is 1.73. The summed E-state index contributed by atoms with van der Waals surface area (Å²) in [7, 11) is -3.45. The molecule has 2 rings (SSSR count). The highest BCUT2D eigenvalue weighted by Crippen LogP contribution is 2.20. The van der Waals surface area contributed by atoms with E-state index in [-0.39, 0.29) is 0 Å². The van der Waals surface area contributed by atoms with Gasteiger partial charge in [-0.25, -0.2) is 8.42 Å². The van der Waals surface area contributed by atoms with Crippen LogP contribution in [0, 0.1) is 0 Å². The van der Waals surface area contributed by atoms with E-state index in [4.69, 9.17) is 5.73 Å². The molecule has 0 unspecified atom stereocenters. The molecule has 17 heavy (non-hydrogen) atoms. The fraction of sp³-hybridized carbons (Fsp3) is 0.0909. The summed E-state index contributed by atoms with van der Waals surface area (Å²) >= 11 is 1.19. The molecule has 0 aliphatic rings. The molecule has 90 valence electrons. The molecule has 2 aromatic rings. The van der Waals surface area contributed by atoms with Crippen LogP contribution in [0.25, 0.3) is 0 Å². The van der Waals surface area contributed by atoms with Crippen molar-refractivity contribution < 1.29 is 8.42 Å². The second-order valence-corrected chi connectivity index (χ2v) is 6.30. The van der Waals surface area contributed by atoms with Gasteiger partial charge in [-0.15, -0.1) is 11.3 Å². The molecule has 1 aromatic carbocycles. The van der Waals surface area contributed by atoms with Crippen LogP contribution in [0.2, 0.25) is 0 Å². The van der Waals surface area contributed by atoms with Crippen LogP contribution in [-0.2, 0) is 16.6 Å². The van der Waals surface area contributed by atoms with Crippen LogP contribution >= 0.6 is 11.3 Å². The molecular weight excluding hydrogens is 256 g/mol. The number of nitrogens with one attached hydrogen (secondary N) is 1. The Hall–Kier alpha value is -1.37. The Kier molecular flexibility index (Phi) is 3.46. The molecule has 0 atom stereocenters. The SMILES string of the molecule is NCc1ccc(NS(=O)(=O)c2cccs2)cc1. The molecule has 1 heterocycles. The quantitative estimate of drug-likeness (QED) is 0.891. The first-order chi connectivity index (χ1) is 8.12. The molecule has 0 aliphatic carbocycles. The predicted octanol–water partition coefficient (Wildman–Crippen LogP) is 2.01. The van der Waals surface area contributed by atoms with Crippen molar-refractivity contribution >= 4 is 27.0 Å². The van der Waals surface area contributed by atoms with Crippen LogP contribution in [0.3, 0.4) is 0 Å². The number of hydrogen-bond donors (Lipinski definition) is 2. The summed E-state index contributed by atoms with van der Waals surface area (Å²) in [6, 6.07) is 10.3. The summed E-state index contributed by atoms with van der Waals surface area (Å²) in [6.07, 6.45) is 0. The first-order valence-electron chi connectivity index (χ1n) is 4.97. The molecule has 3 N–H and O–H groups in total. The number of sulfonamides is 1. The van der Waals surface area contributed by atoms with Gasteiger partial charge in [0.05, 0.1) is 0 Å². The number of nitrogens with two attached hydrogens (primary N) is 1. The summed E-state index contributed by atoms with van der Waals surface area (Å²) in [4.78, 5) is 0. The van der Waals surface area contributed by atoms with Gasteiger partial charge in [-0.3, -0.25) is 4.72 Å². The summed E-state index contributed by atoms with van der Waals surface area (Å²) < 4.78 is 26.6. The summed E-state index contributed by atoms with van der Waals surface area (Å²) in [5.74, 6) is 0. The van der Waals surface area contributed by atoms with Crippen molar-refractivity contribution in [2.24, 2.45) is 5.73 Å². The molecule has 0 saturated heterocycles. The van der Waals surface area contributed by atoms with Gasteiger partial charge in [0.2, 0.25) is 0 Å². The third-order valence-corrected chi connectivity index (χ3v) is 4.98. The maximum atomic E-state index is 11.9. The van der Waals surface area contributed by atoms with Gasteiger partial charge < -0.3 is 5.73 Å². The van der Waals surface area contributed by atoms with Crippen LogP contribution in [0.15, 0.2) is 46.0 Å². The van der Waals surface area contributed by atoms with Crippen LogP contribution in [0.5, 0.6) is 0 Å². The monoisotopic (exact) mass is 268 g/mol. The second kappa shape index (κ2) is 4.87. The smallest absolute Gasteiger partial charge is 0.271 e. The van der Waals surface area contributed by atoms with E-state index in [0.717, 1.165) is 5.56 Å². The highest BCUT2D eigenvalue weighted by atomic mass is 32.2. The normalized spacial score (nSPS) is 11.4. The second-order valence-electron chi connectivity index (χ2n) is 3.44. The third-order valence-electron chi connectivity index (χ3n) is 2.20. The van der Waals surface area contributed by atoms with Crippen molar-refractivity contribution in [2.45, 2.75) is 10.8 Å². The maximum absolute atomic E-state index is 11.9. The summed E-state index contributed by atoms with van der Waals surface area (Å²) in [6.45, 7) is 0.442. The molecule has 4 nitrogen and oxygen atoms in total. The van der Waals surface area contributed by atoms with E-state index in [1.807, 2.05) is 0 Å². The molecule has 0 radical (unpaired) electrons. The van der Waals surface area contributed by atoms with E-state index in [2.05, 4.69) is 4.72 Å². The average Bonchev–Trinajstić information content (AvgIpc) is 2.84. The van der Waals surface area contributed by atoms with Gasteiger partial charge in [-0.1, -0.05) is 18.2 Å². The fourth-order valence-corrected chi connectivity index (χ4v) is 3.38. The molecule has 1 aromatic heterocycles. The molecule has 0 aliphatic heterocycles. The molecule has 0 amide bonds. The summed E-state index contributed by atoms with van der Waals surface area (Å²) in [5.41, 5.74) is 6.97. The lowest BCUT2D eigenvalue weighted by Crippen LogP contribution is -2.11. The van der Waals surface area contributed by atoms with Crippen LogP contribution in [0.4, 0.5) is 5.69 Å². The Morgan fingerprint density at radius 1 is 1.18 bits per heavy atom. The van der Waals surface area contributed by atoms with Crippen LogP contribution in [-0.4, -0.2) is 8.42 Å². The van der Waals surface area contributed by atoms with Gasteiger partial charge in [-0.05, 0) is 29.1 Å². The van der Waals surface area contributed by atoms with Crippen LogP contribution < -0.4 is 10.5 Å². The highest BCUT2D eigenvalue weighted by Gasteiger charge is 2.14. The minimum atomic E-state index is -3.45. The van der Waals surface area contributed by atoms with Gasteiger partial charge in [0.25, 0.3) is 10.0 Å². The Morgan fingerprint density at radius 3 is 2.41 bits per heavy atom. The molecule has 0 bridgehead atoms. The van der Waals surface area contributed by atoms with E-state index in [1.165, 1.54) is 11.3 Å². The molecule has 0 saturated carbocycles. The van der Waals surface area contributed by atoms with Gasteiger partial charge >= 0.3 is 0 Å². The van der Waals surface area contributed by atoms with Crippen molar-refractivity contribution in [3.8, 4) is 0 Å². The van der Waals surface area contributed by atoms with Crippen molar-refractivity contribution in [1.29, 1.82) is 0 Å². The van der Waals surface area contributed by atoms with Crippen molar-refractivity contribution in [1.82, 2.24) is 0 Å². The topological polar surface area (TPSA) is 72.2 Å². The molecule has 0 spiro atoms. The third kappa shape index (κ3) is 2.85. The zero-order valence-electron chi connectivity index (χ0n) is 8.96. The Bertz CT molecular complexity index is 574. The number of benzene rings is 1. The van der Waals surface area contributed by atoms with E-state index in [0.29, 0.717) is 16.4 Å². The Labute approximate surface area is 104 Å². The van der Waals surface area contributed by atoms with E-state index in [1.54, 1.807) is 41.8 Å². The lowest BCUT2D eigenvalue weighted by atomic mass is 10.2. The minimum absolute atomic E-state index is 0.306. The minimum Gasteiger partial charge on any atom is -0.326 e. The first-order valence-corrected chi connectivity index (χ1v) is 7.33. The van der Waals surface area contributed by atoms with Crippen molar-refractivity contribution in [2.75, 3.05) is 4.72 Å². The van der Waals surface area contributed by atoms with Crippen molar-refractivity contribution in [3.05, 3.63) is 47.3 Å². The number of hydrogen-bond acceptors (Lipinski definition) is 4. The zero-order valence-corrected chi connectivity index (χ0v) is 10.6. The van der Waals surface area contributed by atoms with Gasteiger partial charge in [0, 0.05) is 12.2 Å². The standard InChI is InChI=1S/C11H12N2O2S2/c12-8-9-3-5-10(6-4-9)13-17(14,15)11-2-1-7-16-11/h1-7,13H,8,12H2.